The molecule has 1 aliphatic heterocycles. The molecule has 1 saturated heterocycles. The van der Waals surface area contributed by atoms with Gasteiger partial charge in [-0.2, -0.15) is 0 Å². The van der Waals surface area contributed by atoms with Gasteiger partial charge in [-0.3, -0.25) is 9.59 Å². The van der Waals surface area contributed by atoms with Crippen LogP contribution in [0.4, 0.5) is 11.4 Å². The number of halogens is 2. The molecule has 1 fully saturated rings. The normalized spacial score (nSPS) is 14.7. The predicted molar refractivity (Wildman–Crippen MR) is 107 cm³/mol. The van der Waals surface area contributed by atoms with Crippen LogP contribution in [0.3, 0.4) is 0 Å². The van der Waals surface area contributed by atoms with E-state index >= 15 is 0 Å². The Balaban J connectivity index is 1.80. The number of rotatable bonds is 4. The van der Waals surface area contributed by atoms with Gasteiger partial charge in [0, 0.05) is 29.8 Å². The monoisotopic (exact) mass is 388 g/mol. The van der Waals surface area contributed by atoms with Crippen LogP contribution in [0.15, 0.2) is 48.5 Å². The number of allylic oxidation sites excluding steroid dienone is 1. The van der Waals surface area contributed by atoms with E-state index in [1.165, 1.54) is 6.08 Å². The molecule has 2 aromatic rings. The van der Waals surface area contributed by atoms with Gasteiger partial charge in [-0.05, 0) is 48.7 Å². The number of nitrogens with zero attached hydrogens (tertiary/aromatic N) is 1. The maximum Gasteiger partial charge on any atom is 0.248 e. The van der Waals surface area contributed by atoms with Crippen molar-refractivity contribution in [2.75, 3.05) is 16.8 Å². The van der Waals surface area contributed by atoms with Crippen molar-refractivity contribution in [1.82, 2.24) is 0 Å². The molecule has 1 N–H and O–H groups in total. The quantitative estimate of drug-likeness (QED) is 0.735. The van der Waals surface area contributed by atoms with Crippen molar-refractivity contribution >= 4 is 52.0 Å². The fraction of sp³-hybridized carbons (Fsp3) is 0.200. The minimum absolute atomic E-state index is 0.0825. The molecule has 0 aromatic heterocycles. The number of hydrogen-bond acceptors (Lipinski definition) is 2. The van der Waals surface area contributed by atoms with Gasteiger partial charge >= 0.3 is 0 Å². The van der Waals surface area contributed by atoms with Gasteiger partial charge in [0.25, 0.3) is 0 Å². The fourth-order valence-corrected chi connectivity index (χ4v) is 3.37. The maximum absolute atomic E-state index is 12.4. The van der Waals surface area contributed by atoms with E-state index in [-0.39, 0.29) is 11.8 Å². The summed E-state index contributed by atoms with van der Waals surface area (Å²) in [6.45, 7) is 2.50. The third-order valence-corrected chi connectivity index (χ3v) is 4.90. The molecular weight excluding hydrogens is 371 g/mol. The first-order chi connectivity index (χ1) is 12.5. The highest BCUT2D eigenvalue weighted by Gasteiger charge is 2.22. The molecule has 26 heavy (non-hydrogen) atoms. The lowest BCUT2D eigenvalue weighted by molar-refractivity contribution is -0.117. The second kappa shape index (κ2) is 7.94. The first-order valence-corrected chi connectivity index (χ1v) is 9.05. The average Bonchev–Trinajstić information content (AvgIpc) is 3.03. The summed E-state index contributed by atoms with van der Waals surface area (Å²) in [6.07, 6.45) is 2.86. The highest BCUT2D eigenvalue weighted by Crippen LogP contribution is 2.30. The van der Waals surface area contributed by atoms with E-state index < -0.39 is 0 Å². The van der Waals surface area contributed by atoms with Crippen LogP contribution in [0.2, 0.25) is 10.0 Å². The van der Waals surface area contributed by atoms with Crippen molar-refractivity contribution in [3.05, 3.63) is 64.1 Å². The molecule has 6 heteroatoms. The van der Waals surface area contributed by atoms with Crippen LogP contribution in [-0.4, -0.2) is 18.4 Å². The summed E-state index contributed by atoms with van der Waals surface area (Å²) >= 11 is 12.4. The Morgan fingerprint density at radius 2 is 1.92 bits per heavy atom. The van der Waals surface area contributed by atoms with Gasteiger partial charge in [0.1, 0.15) is 0 Å². The molecule has 1 aliphatic rings. The number of benzene rings is 2. The fourth-order valence-electron chi connectivity index (χ4n) is 2.92. The zero-order valence-corrected chi connectivity index (χ0v) is 15.8. The summed E-state index contributed by atoms with van der Waals surface area (Å²) in [5.41, 5.74) is 2.75. The van der Waals surface area contributed by atoms with E-state index in [0.717, 1.165) is 23.2 Å². The first kappa shape index (κ1) is 18.5. The second-order valence-corrected chi connectivity index (χ2v) is 6.92. The van der Waals surface area contributed by atoms with Crippen molar-refractivity contribution in [3.8, 4) is 0 Å². The van der Waals surface area contributed by atoms with Crippen LogP contribution >= 0.6 is 23.2 Å². The zero-order chi connectivity index (χ0) is 18.7. The highest BCUT2D eigenvalue weighted by molar-refractivity contribution is 6.34. The summed E-state index contributed by atoms with van der Waals surface area (Å²) in [5.74, 6) is -0.228. The van der Waals surface area contributed by atoms with E-state index in [4.69, 9.17) is 23.2 Å². The number of hydrogen-bond donors (Lipinski definition) is 1. The Morgan fingerprint density at radius 1 is 1.15 bits per heavy atom. The Labute approximate surface area is 162 Å². The molecule has 1 heterocycles. The molecule has 0 bridgehead atoms. The number of nitrogens with one attached hydrogen (secondary N) is 1. The van der Waals surface area contributed by atoms with Gasteiger partial charge < -0.3 is 10.2 Å². The third kappa shape index (κ3) is 4.09. The zero-order valence-electron chi connectivity index (χ0n) is 14.3. The molecule has 2 amide bonds. The number of anilines is 2. The molecular formula is C20H18Cl2N2O2. The highest BCUT2D eigenvalue weighted by atomic mass is 35.5. The summed E-state index contributed by atoms with van der Waals surface area (Å²) < 4.78 is 0. The molecule has 0 radical (unpaired) electrons. The lowest BCUT2D eigenvalue weighted by Gasteiger charge is -2.17. The standard InChI is InChI=1S/C20H18Cl2N2O2/c1-13(15-5-2-3-6-16(15)21)11-19(25)23-18-12-14(8-9-17(18)22)24-10-4-7-20(24)26/h2-3,5-6,8-9,11-12H,4,7,10H2,1H3,(H,23,25)/b13-11-. The van der Waals surface area contributed by atoms with Gasteiger partial charge in [0.15, 0.2) is 0 Å². The van der Waals surface area contributed by atoms with Crippen LogP contribution in [0, 0.1) is 0 Å². The lowest BCUT2D eigenvalue weighted by Crippen LogP contribution is -2.23. The smallest absolute Gasteiger partial charge is 0.248 e. The van der Waals surface area contributed by atoms with Crippen molar-refractivity contribution in [1.29, 1.82) is 0 Å². The Hall–Kier alpha value is -2.30. The first-order valence-electron chi connectivity index (χ1n) is 8.30. The van der Waals surface area contributed by atoms with E-state index in [0.29, 0.717) is 28.7 Å². The van der Waals surface area contributed by atoms with Crippen LogP contribution in [0.5, 0.6) is 0 Å². The largest absolute Gasteiger partial charge is 0.321 e. The molecule has 3 rings (SSSR count). The van der Waals surface area contributed by atoms with Crippen LogP contribution in [0.1, 0.15) is 25.3 Å². The summed E-state index contributed by atoms with van der Waals surface area (Å²) in [7, 11) is 0. The van der Waals surface area contributed by atoms with E-state index in [1.54, 1.807) is 29.2 Å². The molecule has 0 atom stereocenters. The SMILES string of the molecule is C/C(=C/C(=O)Nc1cc(N2CCCC2=O)ccc1Cl)c1ccccc1Cl. The lowest BCUT2D eigenvalue weighted by atomic mass is 10.1. The van der Waals surface area contributed by atoms with Crippen molar-refractivity contribution in [2.45, 2.75) is 19.8 Å². The molecule has 4 nitrogen and oxygen atoms in total. The number of amides is 2. The van der Waals surface area contributed by atoms with E-state index in [2.05, 4.69) is 5.32 Å². The van der Waals surface area contributed by atoms with E-state index in [1.807, 2.05) is 25.1 Å². The predicted octanol–water partition coefficient (Wildman–Crippen LogP) is 5.16. The molecule has 0 aliphatic carbocycles. The Bertz CT molecular complexity index is 893. The second-order valence-electron chi connectivity index (χ2n) is 6.11. The summed E-state index contributed by atoms with van der Waals surface area (Å²) in [4.78, 5) is 26.0. The van der Waals surface area contributed by atoms with Crippen LogP contribution in [0.25, 0.3) is 5.57 Å². The number of carbonyl (C=O) groups is 2. The van der Waals surface area contributed by atoms with Gasteiger partial charge in [-0.25, -0.2) is 0 Å². The third-order valence-electron chi connectivity index (χ3n) is 4.24. The maximum atomic E-state index is 12.4. The van der Waals surface area contributed by atoms with Crippen LogP contribution < -0.4 is 10.2 Å². The van der Waals surface area contributed by atoms with Crippen LogP contribution in [-0.2, 0) is 9.59 Å². The number of carbonyl (C=O) groups excluding carboxylic acids is 2. The molecule has 2 aromatic carbocycles. The van der Waals surface area contributed by atoms with Gasteiger partial charge in [-0.1, -0.05) is 41.4 Å². The summed E-state index contributed by atoms with van der Waals surface area (Å²) in [5, 5.41) is 3.78. The van der Waals surface area contributed by atoms with E-state index in [9.17, 15) is 9.59 Å². The van der Waals surface area contributed by atoms with Crippen molar-refractivity contribution in [3.63, 3.8) is 0 Å². The molecule has 0 spiro atoms. The van der Waals surface area contributed by atoms with Gasteiger partial charge in [0.2, 0.25) is 11.8 Å². The molecule has 0 saturated carbocycles. The van der Waals surface area contributed by atoms with Crippen molar-refractivity contribution < 1.29 is 9.59 Å². The van der Waals surface area contributed by atoms with Gasteiger partial charge in [0.05, 0.1) is 10.7 Å². The molecule has 0 unspecified atom stereocenters. The minimum Gasteiger partial charge on any atom is -0.321 e. The minimum atomic E-state index is -0.311. The van der Waals surface area contributed by atoms with Crippen molar-refractivity contribution in [2.24, 2.45) is 0 Å². The molecule has 134 valence electrons. The average molecular weight is 389 g/mol. The Kier molecular flexibility index (Phi) is 5.64. The van der Waals surface area contributed by atoms with Gasteiger partial charge in [-0.15, -0.1) is 0 Å². The Morgan fingerprint density at radius 3 is 2.62 bits per heavy atom. The topological polar surface area (TPSA) is 49.4 Å². The summed E-state index contributed by atoms with van der Waals surface area (Å²) in [6, 6.07) is 12.5.